The van der Waals surface area contributed by atoms with E-state index in [-0.39, 0.29) is 0 Å². The minimum atomic E-state index is 0.690. The van der Waals surface area contributed by atoms with Gasteiger partial charge < -0.3 is 9.64 Å². The average molecular weight is 320 g/mol. The topological polar surface area (TPSA) is 51.1 Å². The van der Waals surface area contributed by atoms with Crippen LogP contribution in [0.25, 0.3) is 10.2 Å². The third kappa shape index (κ3) is 2.47. The second kappa shape index (κ2) is 5.57. The molecule has 0 aromatic carbocycles. The molecule has 0 saturated carbocycles. The van der Waals surface area contributed by atoms with Gasteiger partial charge in [0.15, 0.2) is 0 Å². The van der Waals surface area contributed by atoms with Crippen LogP contribution in [0.1, 0.15) is 16.0 Å². The highest BCUT2D eigenvalue weighted by Gasteiger charge is 2.16. The second-order valence-corrected chi connectivity index (χ2v) is 6.70. The summed E-state index contributed by atoms with van der Waals surface area (Å²) < 4.78 is 9.51. The Morgan fingerprint density at radius 3 is 2.86 bits per heavy atom. The van der Waals surface area contributed by atoms with Gasteiger partial charge in [-0.2, -0.15) is 4.37 Å². The van der Waals surface area contributed by atoms with Crippen LogP contribution >= 0.6 is 22.9 Å². The number of aryl methyl sites for hydroxylation is 2. The van der Waals surface area contributed by atoms with E-state index in [1.165, 1.54) is 22.0 Å². The van der Waals surface area contributed by atoms with Crippen LogP contribution in [-0.4, -0.2) is 28.5 Å². The van der Waals surface area contributed by atoms with E-state index in [1.54, 1.807) is 24.8 Å². The smallest absolute Gasteiger partial charge is 0.229 e. The SMILES string of the molecule is COc1nscc1CN(C)c1ncnc2sc(C)c(C)c12. The number of rotatable bonds is 4. The van der Waals surface area contributed by atoms with Crippen molar-refractivity contribution in [2.45, 2.75) is 20.4 Å². The number of anilines is 1. The summed E-state index contributed by atoms with van der Waals surface area (Å²) in [4.78, 5) is 13.3. The van der Waals surface area contributed by atoms with Crippen LogP contribution in [0.2, 0.25) is 0 Å². The van der Waals surface area contributed by atoms with Crippen molar-refractivity contribution >= 4 is 38.9 Å². The van der Waals surface area contributed by atoms with Gasteiger partial charge in [-0.15, -0.1) is 11.3 Å². The highest BCUT2D eigenvalue weighted by molar-refractivity contribution is 7.18. The summed E-state index contributed by atoms with van der Waals surface area (Å²) in [5.74, 6) is 1.64. The molecule has 0 radical (unpaired) electrons. The molecule has 0 aliphatic carbocycles. The van der Waals surface area contributed by atoms with Crippen molar-refractivity contribution in [3.8, 4) is 5.88 Å². The molecule has 3 rings (SSSR count). The van der Waals surface area contributed by atoms with Crippen LogP contribution < -0.4 is 9.64 Å². The summed E-state index contributed by atoms with van der Waals surface area (Å²) in [5.41, 5.74) is 2.33. The first kappa shape index (κ1) is 14.2. The van der Waals surface area contributed by atoms with Gasteiger partial charge in [0.2, 0.25) is 5.88 Å². The number of hydrogen-bond donors (Lipinski definition) is 0. The molecule has 0 atom stereocenters. The molecule has 3 aromatic rings. The molecular weight excluding hydrogens is 304 g/mol. The Hall–Kier alpha value is -1.73. The van der Waals surface area contributed by atoms with Gasteiger partial charge in [0.1, 0.15) is 17.0 Å². The Morgan fingerprint density at radius 1 is 1.29 bits per heavy atom. The van der Waals surface area contributed by atoms with E-state index in [1.807, 2.05) is 12.4 Å². The monoisotopic (exact) mass is 320 g/mol. The number of methoxy groups -OCH3 is 1. The highest BCUT2D eigenvalue weighted by atomic mass is 32.1. The minimum Gasteiger partial charge on any atom is -0.480 e. The first-order valence-electron chi connectivity index (χ1n) is 6.51. The van der Waals surface area contributed by atoms with Gasteiger partial charge in [-0.25, -0.2) is 9.97 Å². The first-order valence-corrected chi connectivity index (χ1v) is 8.16. The molecular formula is C14H16N4OS2. The van der Waals surface area contributed by atoms with Gasteiger partial charge >= 0.3 is 0 Å². The summed E-state index contributed by atoms with van der Waals surface area (Å²) >= 11 is 3.12. The average Bonchev–Trinajstić information content (AvgIpc) is 3.04. The van der Waals surface area contributed by atoms with Crippen LogP contribution in [0.3, 0.4) is 0 Å². The largest absolute Gasteiger partial charge is 0.480 e. The maximum atomic E-state index is 5.28. The predicted octanol–water partition coefficient (Wildman–Crippen LogP) is 3.41. The molecule has 0 N–H and O–H groups in total. The number of ether oxygens (including phenoxy) is 1. The third-order valence-corrected chi connectivity index (χ3v) is 5.29. The van der Waals surface area contributed by atoms with Crippen molar-refractivity contribution in [1.82, 2.24) is 14.3 Å². The van der Waals surface area contributed by atoms with E-state index in [4.69, 9.17) is 4.74 Å². The van der Waals surface area contributed by atoms with Gasteiger partial charge in [-0.1, -0.05) is 0 Å². The standard InChI is InChI=1S/C14H16N4OS2/c1-8-9(2)21-14-11(8)12(15-7-16-14)18(3)5-10-6-20-17-13(10)19-4/h6-7H,5H2,1-4H3. The fourth-order valence-corrected chi connectivity index (χ4v) is 3.94. The lowest BCUT2D eigenvalue weighted by molar-refractivity contribution is 0.397. The molecule has 110 valence electrons. The number of fused-ring (bicyclic) bond motifs is 1. The third-order valence-electron chi connectivity index (χ3n) is 3.51. The zero-order valence-electron chi connectivity index (χ0n) is 12.4. The number of nitrogens with zero attached hydrogens (tertiary/aromatic N) is 4. The summed E-state index contributed by atoms with van der Waals surface area (Å²) in [6, 6.07) is 0. The molecule has 7 heteroatoms. The van der Waals surface area contributed by atoms with Crippen LogP contribution in [0, 0.1) is 13.8 Å². The number of aromatic nitrogens is 3. The Balaban J connectivity index is 2.00. The van der Waals surface area contributed by atoms with E-state index in [9.17, 15) is 0 Å². The van der Waals surface area contributed by atoms with Gasteiger partial charge in [0.05, 0.1) is 19.0 Å². The Kier molecular flexibility index (Phi) is 3.77. The van der Waals surface area contributed by atoms with E-state index in [0.29, 0.717) is 12.4 Å². The summed E-state index contributed by atoms with van der Waals surface area (Å²) in [6.07, 6.45) is 1.63. The Labute approximate surface area is 131 Å². The molecule has 0 bridgehead atoms. The molecule has 0 amide bonds. The zero-order chi connectivity index (χ0) is 15.0. The fraction of sp³-hybridized carbons (Fsp3) is 0.357. The molecule has 3 aromatic heterocycles. The first-order chi connectivity index (χ1) is 10.1. The lowest BCUT2D eigenvalue weighted by Gasteiger charge is -2.18. The van der Waals surface area contributed by atoms with Crippen molar-refractivity contribution in [1.29, 1.82) is 0 Å². The second-order valence-electron chi connectivity index (χ2n) is 4.87. The fourth-order valence-electron chi connectivity index (χ4n) is 2.30. The normalized spacial score (nSPS) is 11.0. The minimum absolute atomic E-state index is 0.690. The lowest BCUT2D eigenvalue weighted by atomic mass is 10.2. The molecule has 21 heavy (non-hydrogen) atoms. The van der Waals surface area contributed by atoms with Crippen LogP contribution in [0.15, 0.2) is 11.7 Å². The molecule has 0 aliphatic rings. The predicted molar refractivity (Wildman–Crippen MR) is 87.7 cm³/mol. The maximum Gasteiger partial charge on any atom is 0.229 e. The molecule has 0 fully saturated rings. The summed E-state index contributed by atoms with van der Waals surface area (Å²) in [6.45, 7) is 4.96. The zero-order valence-corrected chi connectivity index (χ0v) is 14.0. The van der Waals surface area contributed by atoms with Crippen molar-refractivity contribution < 1.29 is 4.74 Å². The highest BCUT2D eigenvalue weighted by Crippen LogP contribution is 2.34. The van der Waals surface area contributed by atoms with Crippen molar-refractivity contribution in [2.24, 2.45) is 0 Å². The van der Waals surface area contributed by atoms with Crippen molar-refractivity contribution in [2.75, 3.05) is 19.1 Å². The molecule has 0 saturated heterocycles. The molecule has 0 aliphatic heterocycles. The van der Waals surface area contributed by atoms with E-state index in [0.717, 1.165) is 21.6 Å². The van der Waals surface area contributed by atoms with E-state index < -0.39 is 0 Å². The molecule has 5 nitrogen and oxygen atoms in total. The van der Waals surface area contributed by atoms with Crippen molar-refractivity contribution in [3.63, 3.8) is 0 Å². The maximum absolute atomic E-state index is 5.28. The number of hydrogen-bond acceptors (Lipinski definition) is 7. The van der Waals surface area contributed by atoms with Gasteiger partial charge in [-0.05, 0) is 30.9 Å². The van der Waals surface area contributed by atoms with Crippen LogP contribution in [-0.2, 0) is 6.54 Å². The quantitative estimate of drug-likeness (QED) is 0.737. The van der Waals surface area contributed by atoms with Crippen LogP contribution in [0.4, 0.5) is 5.82 Å². The van der Waals surface area contributed by atoms with Crippen LogP contribution in [0.5, 0.6) is 5.88 Å². The number of thiophene rings is 1. The van der Waals surface area contributed by atoms with E-state index >= 15 is 0 Å². The van der Waals surface area contributed by atoms with Gasteiger partial charge in [0.25, 0.3) is 0 Å². The molecule has 0 unspecified atom stereocenters. The Bertz CT molecular complexity index is 780. The van der Waals surface area contributed by atoms with Gasteiger partial charge in [0, 0.05) is 22.9 Å². The molecule has 0 spiro atoms. The Morgan fingerprint density at radius 2 is 2.10 bits per heavy atom. The van der Waals surface area contributed by atoms with Gasteiger partial charge in [-0.3, -0.25) is 0 Å². The van der Waals surface area contributed by atoms with E-state index in [2.05, 4.69) is 33.1 Å². The lowest BCUT2D eigenvalue weighted by Crippen LogP contribution is -2.18. The van der Waals surface area contributed by atoms with Crippen molar-refractivity contribution in [3.05, 3.63) is 27.7 Å². The summed E-state index contributed by atoms with van der Waals surface area (Å²) in [5, 5.41) is 3.16. The molecule has 3 heterocycles. The summed E-state index contributed by atoms with van der Waals surface area (Å²) in [7, 11) is 3.68.